The zero-order chi connectivity index (χ0) is 19.1. The summed E-state index contributed by atoms with van der Waals surface area (Å²) >= 11 is 0. The van der Waals surface area contributed by atoms with Gasteiger partial charge in [0, 0.05) is 18.4 Å². The number of rotatable bonds is 5. The molecule has 1 amide bonds. The molecule has 2 aliphatic heterocycles. The van der Waals surface area contributed by atoms with Crippen LogP contribution in [0.4, 0.5) is 5.69 Å². The van der Waals surface area contributed by atoms with Gasteiger partial charge in [0.2, 0.25) is 0 Å². The van der Waals surface area contributed by atoms with Gasteiger partial charge in [0.1, 0.15) is 17.9 Å². The van der Waals surface area contributed by atoms with Crippen LogP contribution < -0.4 is 9.64 Å². The first kappa shape index (κ1) is 18.7. The molecule has 2 aliphatic rings. The van der Waals surface area contributed by atoms with Gasteiger partial charge in [0.25, 0.3) is 5.91 Å². The topological polar surface area (TPSA) is 57.2 Å². The van der Waals surface area contributed by atoms with Gasteiger partial charge in [-0.25, -0.2) is 0 Å². The molecule has 2 heterocycles. The molecule has 140 valence electrons. The number of β-lactam (4-membered cyclic amide) rings is 1. The number of hydrogen-bond donors (Lipinski definition) is 0. The van der Waals surface area contributed by atoms with Gasteiger partial charge in [-0.2, -0.15) is 0 Å². The minimum Gasteiger partial charge on any atom is -0.497 e. The van der Waals surface area contributed by atoms with E-state index in [1.165, 1.54) is 7.11 Å². The molecule has 2 fully saturated rings. The van der Waals surface area contributed by atoms with E-state index in [-0.39, 0.29) is 18.1 Å². The summed E-state index contributed by atoms with van der Waals surface area (Å²) in [6.07, 6.45) is -0.340. The summed E-state index contributed by atoms with van der Waals surface area (Å²) < 4.78 is 22.7. The first-order valence-electron chi connectivity index (χ1n) is 8.52. The van der Waals surface area contributed by atoms with E-state index >= 15 is 0 Å². The molecule has 3 rings (SSSR count). The first-order chi connectivity index (χ1) is 12.3. The summed E-state index contributed by atoms with van der Waals surface area (Å²) in [7, 11) is 3.13. The van der Waals surface area contributed by atoms with Gasteiger partial charge in [-0.15, -0.1) is 5.73 Å². The van der Waals surface area contributed by atoms with Crippen molar-refractivity contribution < 1.29 is 23.7 Å². The maximum Gasteiger partial charge on any atom is 0.266 e. The molecule has 1 aromatic carbocycles. The van der Waals surface area contributed by atoms with E-state index < -0.39 is 11.4 Å². The molecule has 6 nitrogen and oxygen atoms in total. The van der Waals surface area contributed by atoms with Crippen molar-refractivity contribution in [1.82, 2.24) is 0 Å². The van der Waals surface area contributed by atoms with Crippen LogP contribution >= 0.6 is 0 Å². The highest BCUT2D eigenvalue weighted by molar-refractivity contribution is 6.10. The van der Waals surface area contributed by atoms with Gasteiger partial charge >= 0.3 is 0 Å². The maximum absolute atomic E-state index is 13.2. The predicted molar refractivity (Wildman–Crippen MR) is 97.2 cm³/mol. The zero-order valence-corrected chi connectivity index (χ0v) is 15.9. The lowest BCUT2D eigenvalue weighted by atomic mass is 9.73. The van der Waals surface area contributed by atoms with Crippen LogP contribution in [-0.4, -0.2) is 50.3 Å². The van der Waals surface area contributed by atoms with Crippen molar-refractivity contribution in [1.29, 1.82) is 0 Å². The van der Waals surface area contributed by atoms with Crippen LogP contribution in [0.2, 0.25) is 0 Å². The Morgan fingerprint density at radius 2 is 1.96 bits per heavy atom. The molecule has 3 atom stereocenters. The smallest absolute Gasteiger partial charge is 0.266 e. The summed E-state index contributed by atoms with van der Waals surface area (Å²) in [4.78, 5) is 14.9. The van der Waals surface area contributed by atoms with Crippen LogP contribution in [0, 0.1) is 0 Å². The number of amides is 1. The lowest BCUT2D eigenvalue weighted by molar-refractivity contribution is -0.173. The largest absolute Gasteiger partial charge is 0.497 e. The van der Waals surface area contributed by atoms with E-state index in [2.05, 4.69) is 12.3 Å². The number of nitrogens with zero attached hydrogens (tertiary/aromatic N) is 1. The standard InChI is InChI=1S/C20H25NO5/c1-7-13(2)20(24-6)17(16-12-25-19(3,4)26-16)21(18(20)22)14-8-10-15(23-5)11-9-14/h8-11,16-17H,1,12H2,2-6H3/t16-,17+,20-/m1/s1. The summed E-state index contributed by atoms with van der Waals surface area (Å²) in [5.41, 5.74) is 3.06. The lowest BCUT2D eigenvalue weighted by Crippen LogP contribution is -2.79. The van der Waals surface area contributed by atoms with Crippen LogP contribution in [0.1, 0.15) is 20.8 Å². The van der Waals surface area contributed by atoms with Gasteiger partial charge in [-0.05, 0) is 45.0 Å². The normalized spacial score (nSPS) is 29.9. The van der Waals surface area contributed by atoms with E-state index in [4.69, 9.17) is 18.9 Å². The number of hydrogen-bond acceptors (Lipinski definition) is 5. The van der Waals surface area contributed by atoms with E-state index in [9.17, 15) is 4.79 Å². The maximum atomic E-state index is 13.2. The molecular weight excluding hydrogens is 334 g/mol. The van der Waals surface area contributed by atoms with Crippen LogP contribution in [0.15, 0.2) is 42.1 Å². The number of ether oxygens (including phenoxy) is 4. The minimum atomic E-state index is -1.16. The minimum absolute atomic E-state index is 0.169. The molecule has 2 saturated heterocycles. The Balaban J connectivity index is 2.03. The van der Waals surface area contributed by atoms with Crippen molar-refractivity contribution in [3.05, 3.63) is 42.1 Å². The van der Waals surface area contributed by atoms with Crippen molar-refractivity contribution in [2.24, 2.45) is 0 Å². The Morgan fingerprint density at radius 1 is 1.31 bits per heavy atom. The highest BCUT2D eigenvalue weighted by Crippen LogP contribution is 2.47. The highest BCUT2D eigenvalue weighted by atomic mass is 16.7. The summed E-state index contributed by atoms with van der Waals surface area (Å²) in [5, 5.41) is 0. The Labute approximate surface area is 154 Å². The number of methoxy groups -OCH3 is 2. The van der Waals surface area contributed by atoms with E-state index in [1.807, 2.05) is 38.1 Å². The number of benzene rings is 1. The fourth-order valence-electron chi connectivity index (χ4n) is 3.74. The second-order valence-electron chi connectivity index (χ2n) is 6.93. The third-order valence-electron chi connectivity index (χ3n) is 5.11. The Kier molecular flexibility index (Phi) is 4.71. The molecule has 0 aliphatic carbocycles. The van der Waals surface area contributed by atoms with Gasteiger partial charge in [-0.1, -0.05) is 6.58 Å². The zero-order valence-electron chi connectivity index (χ0n) is 15.9. The van der Waals surface area contributed by atoms with Crippen molar-refractivity contribution in [2.75, 3.05) is 25.7 Å². The van der Waals surface area contributed by atoms with Gasteiger partial charge in [0.15, 0.2) is 11.4 Å². The second-order valence-corrected chi connectivity index (χ2v) is 6.93. The van der Waals surface area contributed by atoms with Gasteiger partial charge < -0.3 is 18.9 Å². The van der Waals surface area contributed by atoms with Crippen molar-refractivity contribution in [2.45, 2.75) is 44.3 Å². The summed E-state index contributed by atoms with van der Waals surface area (Å²) in [6, 6.07) is 6.94. The monoisotopic (exact) mass is 359 g/mol. The van der Waals surface area contributed by atoms with E-state index in [1.54, 1.807) is 18.9 Å². The van der Waals surface area contributed by atoms with Crippen molar-refractivity contribution in [3.8, 4) is 5.75 Å². The fourth-order valence-corrected chi connectivity index (χ4v) is 3.74. The molecule has 0 bridgehead atoms. The van der Waals surface area contributed by atoms with E-state index in [0.717, 1.165) is 11.4 Å². The first-order valence-corrected chi connectivity index (χ1v) is 8.52. The third-order valence-corrected chi connectivity index (χ3v) is 5.11. The quantitative estimate of drug-likeness (QED) is 0.598. The van der Waals surface area contributed by atoms with Crippen LogP contribution in [-0.2, 0) is 19.0 Å². The Morgan fingerprint density at radius 3 is 2.42 bits per heavy atom. The predicted octanol–water partition coefficient (Wildman–Crippen LogP) is 2.68. The van der Waals surface area contributed by atoms with Crippen LogP contribution in [0.5, 0.6) is 5.75 Å². The van der Waals surface area contributed by atoms with Crippen LogP contribution in [0.25, 0.3) is 0 Å². The SMILES string of the molecule is C=C=C(C)[C@]1(OC)C(=O)N(c2ccc(OC)cc2)[C@H]1[C@H]1COC(C)(C)O1. The molecule has 0 N–H and O–H groups in total. The molecule has 26 heavy (non-hydrogen) atoms. The molecule has 1 aromatic rings. The van der Waals surface area contributed by atoms with Gasteiger partial charge in [0.05, 0.1) is 13.7 Å². The fraction of sp³-hybridized carbons (Fsp3) is 0.500. The summed E-state index contributed by atoms with van der Waals surface area (Å²) in [5.74, 6) is -0.155. The highest BCUT2D eigenvalue weighted by Gasteiger charge is 2.67. The molecule has 0 unspecified atom stereocenters. The number of anilines is 1. The van der Waals surface area contributed by atoms with Crippen LogP contribution in [0.3, 0.4) is 0 Å². The molecule has 0 aromatic heterocycles. The second kappa shape index (κ2) is 6.56. The Hall–Kier alpha value is -2.11. The molecule has 0 spiro atoms. The number of carbonyl (C=O) groups excluding carboxylic acids is 1. The van der Waals surface area contributed by atoms with Gasteiger partial charge in [-0.3, -0.25) is 9.69 Å². The van der Waals surface area contributed by atoms with Crippen molar-refractivity contribution in [3.63, 3.8) is 0 Å². The third kappa shape index (κ3) is 2.66. The number of carbonyl (C=O) groups is 1. The average molecular weight is 359 g/mol. The van der Waals surface area contributed by atoms with E-state index in [0.29, 0.717) is 12.2 Å². The average Bonchev–Trinajstić information content (AvgIpc) is 2.99. The molecule has 0 radical (unpaired) electrons. The molecule has 0 saturated carbocycles. The van der Waals surface area contributed by atoms with Crippen molar-refractivity contribution >= 4 is 11.6 Å². The Bertz CT molecular complexity index is 750. The lowest BCUT2D eigenvalue weighted by Gasteiger charge is -2.56. The summed E-state index contributed by atoms with van der Waals surface area (Å²) in [6.45, 7) is 9.58. The molecule has 6 heteroatoms. The molecular formula is C20H25NO5.